The lowest BCUT2D eigenvalue weighted by Crippen LogP contribution is -2.24. The molecule has 0 bridgehead atoms. The molecule has 72 valence electrons. The maximum Gasteiger partial charge on any atom is 0.121 e. The minimum Gasteiger partial charge on any atom is -0.364 e. The van der Waals surface area contributed by atoms with E-state index in [0.29, 0.717) is 0 Å². The molecular formula is C9H12INOS. The van der Waals surface area contributed by atoms with Crippen molar-refractivity contribution in [2.75, 3.05) is 4.43 Å². The summed E-state index contributed by atoms with van der Waals surface area (Å²) in [6.45, 7) is 2.19. The Hall–Kier alpha value is 0.320. The summed E-state index contributed by atoms with van der Waals surface area (Å²) in [5, 5.41) is 3.15. The Morgan fingerprint density at radius 2 is 2.69 bits per heavy atom. The van der Waals surface area contributed by atoms with E-state index < -0.39 is 0 Å². The molecule has 2 rings (SSSR count). The third kappa shape index (κ3) is 2.05. The van der Waals surface area contributed by atoms with E-state index in [2.05, 4.69) is 34.5 Å². The third-order valence-corrected chi connectivity index (χ3v) is 4.85. The zero-order chi connectivity index (χ0) is 9.31. The first kappa shape index (κ1) is 9.86. The van der Waals surface area contributed by atoms with Crippen LogP contribution in [0.3, 0.4) is 0 Å². The molecule has 1 aromatic heterocycles. The predicted octanol–water partition coefficient (Wildman–Crippen LogP) is 3.19. The Morgan fingerprint density at radius 3 is 3.23 bits per heavy atom. The van der Waals surface area contributed by atoms with E-state index in [-0.39, 0.29) is 11.7 Å². The van der Waals surface area contributed by atoms with E-state index in [1.54, 1.807) is 11.3 Å². The highest BCUT2D eigenvalue weighted by Crippen LogP contribution is 2.40. The van der Waals surface area contributed by atoms with E-state index in [0.717, 1.165) is 22.3 Å². The second kappa shape index (κ2) is 3.82. The van der Waals surface area contributed by atoms with Crippen molar-refractivity contribution >= 4 is 33.9 Å². The fourth-order valence-corrected chi connectivity index (χ4v) is 2.83. The van der Waals surface area contributed by atoms with Gasteiger partial charge in [-0.05, 0) is 19.8 Å². The molecule has 0 saturated carbocycles. The predicted molar refractivity (Wildman–Crippen MR) is 62.5 cm³/mol. The third-order valence-electron chi connectivity index (χ3n) is 2.37. The summed E-state index contributed by atoms with van der Waals surface area (Å²) in [6, 6.07) is 0. The summed E-state index contributed by atoms with van der Waals surface area (Å²) in [4.78, 5) is 4.29. The Labute approximate surface area is 95.9 Å². The number of rotatable bonds is 2. The lowest BCUT2D eigenvalue weighted by atomic mass is 10.1. The van der Waals surface area contributed by atoms with Gasteiger partial charge in [-0.3, -0.25) is 0 Å². The molecule has 1 aliphatic heterocycles. The van der Waals surface area contributed by atoms with Crippen LogP contribution in [0.4, 0.5) is 0 Å². The number of hydrogen-bond donors (Lipinski definition) is 0. The van der Waals surface area contributed by atoms with Gasteiger partial charge in [0.2, 0.25) is 0 Å². The van der Waals surface area contributed by atoms with Crippen LogP contribution < -0.4 is 0 Å². The zero-order valence-electron chi connectivity index (χ0n) is 7.50. The summed E-state index contributed by atoms with van der Waals surface area (Å²) in [6.07, 6.45) is 4.37. The first-order chi connectivity index (χ1) is 6.23. The molecule has 1 aromatic rings. The van der Waals surface area contributed by atoms with Gasteiger partial charge in [0.1, 0.15) is 11.1 Å². The molecule has 2 heterocycles. The fourth-order valence-electron chi connectivity index (χ4n) is 1.56. The minimum atomic E-state index is 0.0803. The molecule has 2 nitrogen and oxygen atoms in total. The first-order valence-corrected chi connectivity index (χ1v) is 6.77. The van der Waals surface area contributed by atoms with Crippen LogP contribution in [0, 0.1) is 0 Å². The van der Waals surface area contributed by atoms with Crippen LogP contribution in [0.25, 0.3) is 0 Å². The molecular weight excluding hydrogens is 297 g/mol. The van der Waals surface area contributed by atoms with Crippen molar-refractivity contribution in [3.05, 3.63) is 16.6 Å². The molecule has 0 radical (unpaired) electrons. The second-order valence-electron chi connectivity index (χ2n) is 3.60. The molecule has 1 saturated heterocycles. The largest absolute Gasteiger partial charge is 0.364 e. The van der Waals surface area contributed by atoms with Crippen molar-refractivity contribution in [2.24, 2.45) is 0 Å². The molecule has 0 aromatic carbocycles. The summed E-state index contributed by atoms with van der Waals surface area (Å²) in [5.41, 5.74) is 0.0803. The van der Waals surface area contributed by atoms with Crippen molar-refractivity contribution < 1.29 is 4.74 Å². The topological polar surface area (TPSA) is 22.1 Å². The average molecular weight is 309 g/mol. The lowest BCUT2D eigenvalue weighted by Gasteiger charge is -2.21. The molecule has 0 N–H and O–H groups in total. The smallest absolute Gasteiger partial charge is 0.121 e. The number of halogens is 1. The van der Waals surface area contributed by atoms with Crippen LogP contribution in [0.2, 0.25) is 0 Å². The maximum atomic E-state index is 5.98. The number of ether oxygens (including phenoxy) is 1. The Balaban J connectivity index is 2.07. The van der Waals surface area contributed by atoms with Crippen LogP contribution in [0.5, 0.6) is 0 Å². The molecule has 1 fully saturated rings. The molecule has 0 aliphatic carbocycles. The quantitative estimate of drug-likeness (QED) is 0.618. The maximum absolute atomic E-state index is 5.98. The number of aromatic nitrogens is 1. The standard InChI is InChI=1S/C9H12INOS/c1-9(6-10)3-2-7(12-9)8-11-4-5-13-8/h4-5,7H,2-3,6H2,1H3. The van der Waals surface area contributed by atoms with E-state index in [9.17, 15) is 0 Å². The van der Waals surface area contributed by atoms with Gasteiger partial charge in [-0.2, -0.15) is 0 Å². The van der Waals surface area contributed by atoms with Gasteiger partial charge >= 0.3 is 0 Å². The Kier molecular flexibility index (Phi) is 2.90. The normalized spacial score (nSPS) is 33.8. The van der Waals surface area contributed by atoms with Gasteiger partial charge in [-0.25, -0.2) is 4.98 Å². The van der Waals surface area contributed by atoms with Crippen molar-refractivity contribution in [1.82, 2.24) is 4.98 Å². The molecule has 2 unspecified atom stereocenters. The first-order valence-electron chi connectivity index (χ1n) is 4.37. The molecule has 1 aliphatic rings. The fraction of sp³-hybridized carbons (Fsp3) is 0.667. The number of nitrogens with zero attached hydrogens (tertiary/aromatic N) is 1. The second-order valence-corrected chi connectivity index (χ2v) is 5.29. The van der Waals surface area contributed by atoms with Crippen LogP contribution in [0.1, 0.15) is 30.9 Å². The molecule has 4 heteroatoms. The van der Waals surface area contributed by atoms with Gasteiger partial charge in [0.05, 0.1) is 5.60 Å². The molecule has 13 heavy (non-hydrogen) atoms. The lowest BCUT2D eigenvalue weighted by molar-refractivity contribution is -0.0110. The zero-order valence-corrected chi connectivity index (χ0v) is 10.5. The molecule has 0 spiro atoms. The average Bonchev–Trinajstić information content (AvgIpc) is 2.73. The van der Waals surface area contributed by atoms with Gasteiger partial charge < -0.3 is 4.74 Å². The van der Waals surface area contributed by atoms with Crippen LogP contribution in [-0.4, -0.2) is 15.0 Å². The molecule has 0 amide bonds. The van der Waals surface area contributed by atoms with E-state index in [1.165, 1.54) is 0 Å². The summed E-state index contributed by atoms with van der Waals surface area (Å²) < 4.78 is 7.05. The highest BCUT2D eigenvalue weighted by Gasteiger charge is 2.36. The van der Waals surface area contributed by atoms with Crippen LogP contribution >= 0.6 is 33.9 Å². The summed E-state index contributed by atoms with van der Waals surface area (Å²) in [7, 11) is 0. The minimum absolute atomic E-state index is 0.0803. The monoisotopic (exact) mass is 309 g/mol. The highest BCUT2D eigenvalue weighted by atomic mass is 127. The van der Waals surface area contributed by atoms with Gasteiger partial charge in [-0.15, -0.1) is 11.3 Å². The number of hydrogen-bond acceptors (Lipinski definition) is 3. The Morgan fingerprint density at radius 1 is 1.85 bits per heavy atom. The van der Waals surface area contributed by atoms with Crippen molar-refractivity contribution in [1.29, 1.82) is 0 Å². The summed E-state index contributed by atoms with van der Waals surface area (Å²) >= 11 is 4.09. The SMILES string of the molecule is CC1(CI)CCC(c2nccs2)O1. The van der Waals surface area contributed by atoms with E-state index >= 15 is 0 Å². The number of thiazole rings is 1. The number of alkyl halides is 1. The van der Waals surface area contributed by atoms with Crippen LogP contribution in [0.15, 0.2) is 11.6 Å². The van der Waals surface area contributed by atoms with Crippen molar-refractivity contribution in [3.8, 4) is 0 Å². The van der Waals surface area contributed by atoms with Gasteiger partial charge in [0.15, 0.2) is 0 Å². The highest BCUT2D eigenvalue weighted by molar-refractivity contribution is 14.1. The van der Waals surface area contributed by atoms with Gasteiger partial charge in [0, 0.05) is 16.0 Å². The summed E-state index contributed by atoms with van der Waals surface area (Å²) in [5.74, 6) is 0. The van der Waals surface area contributed by atoms with Gasteiger partial charge in [0.25, 0.3) is 0 Å². The molecule has 2 atom stereocenters. The van der Waals surface area contributed by atoms with Gasteiger partial charge in [-0.1, -0.05) is 22.6 Å². The van der Waals surface area contributed by atoms with E-state index in [4.69, 9.17) is 4.74 Å². The van der Waals surface area contributed by atoms with Crippen LogP contribution in [-0.2, 0) is 4.74 Å². The van der Waals surface area contributed by atoms with Crippen molar-refractivity contribution in [3.63, 3.8) is 0 Å². The van der Waals surface area contributed by atoms with E-state index in [1.807, 2.05) is 11.6 Å². The van der Waals surface area contributed by atoms with Crippen molar-refractivity contribution in [2.45, 2.75) is 31.5 Å². The Bertz CT molecular complexity index is 277.